The normalized spacial score (nSPS) is 18.4. The summed E-state index contributed by atoms with van der Waals surface area (Å²) in [4.78, 5) is 16.0. The molecule has 0 bridgehead atoms. The van der Waals surface area contributed by atoms with Crippen LogP contribution in [0, 0.1) is 0 Å². The summed E-state index contributed by atoms with van der Waals surface area (Å²) < 4.78 is 7.17. The number of hydrogen-bond acceptors (Lipinski definition) is 5. The molecule has 0 aromatic carbocycles. The smallest absolute Gasteiger partial charge is 0.254 e. The molecule has 1 unspecified atom stereocenters. The highest BCUT2D eigenvalue weighted by atomic mass is 16.5. The van der Waals surface area contributed by atoms with Crippen LogP contribution in [0.1, 0.15) is 5.56 Å². The van der Waals surface area contributed by atoms with Gasteiger partial charge in [0.05, 0.1) is 25.0 Å². The number of pyridine rings is 1. The highest BCUT2D eigenvalue weighted by molar-refractivity contribution is 5.94. The van der Waals surface area contributed by atoms with Crippen LogP contribution in [0.25, 0.3) is 0 Å². The summed E-state index contributed by atoms with van der Waals surface area (Å²) in [6.07, 6.45) is 6.48. The van der Waals surface area contributed by atoms with Gasteiger partial charge in [0.2, 0.25) is 0 Å². The van der Waals surface area contributed by atoms with Gasteiger partial charge >= 0.3 is 0 Å². The van der Waals surface area contributed by atoms with E-state index in [1.54, 1.807) is 29.5 Å². The Hall–Kier alpha value is -2.25. The van der Waals surface area contributed by atoms with E-state index in [0.717, 1.165) is 12.1 Å². The van der Waals surface area contributed by atoms with Crippen LogP contribution in [0.5, 0.6) is 0 Å². The number of nitrogens with zero attached hydrogens (tertiary/aromatic N) is 3. The second-order valence-electron chi connectivity index (χ2n) is 4.83. The zero-order chi connectivity index (χ0) is 14.5. The van der Waals surface area contributed by atoms with Crippen LogP contribution in [-0.2, 0) is 16.1 Å². The lowest BCUT2D eigenvalue weighted by Crippen LogP contribution is -2.45. The molecule has 3 rings (SSSR count). The number of hydrogen-bond donors (Lipinski definition) is 2. The Kier molecular flexibility index (Phi) is 4.23. The van der Waals surface area contributed by atoms with Crippen molar-refractivity contribution in [3.8, 4) is 0 Å². The van der Waals surface area contributed by atoms with Gasteiger partial charge in [-0.3, -0.25) is 14.5 Å². The third-order valence-corrected chi connectivity index (χ3v) is 3.21. The van der Waals surface area contributed by atoms with Crippen molar-refractivity contribution in [3.63, 3.8) is 0 Å². The molecule has 2 aromatic rings. The number of amides is 1. The molecule has 1 fully saturated rings. The molecule has 0 radical (unpaired) electrons. The third-order valence-electron chi connectivity index (χ3n) is 3.21. The van der Waals surface area contributed by atoms with E-state index in [0.29, 0.717) is 25.4 Å². The number of anilines is 1. The predicted octanol–water partition coefficient (Wildman–Crippen LogP) is 0.253. The fraction of sp³-hybridized carbons (Fsp3) is 0.357. The molecule has 1 atom stereocenters. The molecule has 2 aromatic heterocycles. The molecular weight excluding hydrogens is 270 g/mol. The van der Waals surface area contributed by atoms with E-state index in [1.807, 2.05) is 12.1 Å². The molecule has 0 saturated carbocycles. The number of aromatic nitrogens is 3. The van der Waals surface area contributed by atoms with Crippen molar-refractivity contribution < 1.29 is 9.53 Å². The molecular formula is C14H17N5O2. The van der Waals surface area contributed by atoms with E-state index in [4.69, 9.17) is 4.74 Å². The largest absolute Gasteiger partial charge is 0.366 e. The topological polar surface area (TPSA) is 81.1 Å². The van der Waals surface area contributed by atoms with Gasteiger partial charge in [-0.15, -0.1) is 0 Å². The first-order valence-corrected chi connectivity index (χ1v) is 6.86. The van der Waals surface area contributed by atoms with Gasteiger partial charge in [-0.05, 0) is 17.7 Å². The van der Waals surface area contributed by atoms with Gasteiger partial charge in [0.15, 0.2) is 0 Å². The van der Waals surface area contributed by atoms with Gasteiger partial charge in [0.1, 0.15) is 6.10 Å². The van der Waals surface area contributed by atoms with Crippen molar-refractivity contribution in [1.82, 2.24) is 20.1 Å². The molecule has 0 spiro atoms. The molecule has 21 heavy (non-hydrogen) atoms. The Balaban J connectivity index is 1.58. The molecule has 1 amide bonds. The quantitative estimate of drug-likeness (QED) is 0.842. The number of ether oxygens (including phenoxy) is 1. The number of carbonyl (C=O) groups excluding carboxylic acids is 1. The molecule has 1 aliphatic heterocycles. The van der Waals surface area contributed by atoms with Crippen molar-refractivity contribution in [3.05, 3.63) is 42.5 Å². The van der Waals surface area contributed by atoms with Crippen molar-refractivity contribution in [1.29, 1.82) is 0 Å². The fourth-order valence-corrected chi connectivity index (χ4v) is 2.15. The van der Waals surface area contributed by atoms with E-state index < -0.39 is 6.10 Å². The van der Waals surface area contributed by atoms with Crippen LogP contribution < -0.4 is 10.6 Å². The average molecular weight is 287 g/mol. The Bertz CT molecular complexity index is 592. The second-order valence-corrected chi connectivity index (χ2v) is 4.83. The second kappa shape index (κ2) is 6.47. The predicted molar refractivity (Wildman–Crippen MR) is 76.8 cm³/mol. The number of rotatable bonds is 4. The summed E-state index contributed by atoms with van der Waals surface area (Å²) in [6, 6.07) is 3.86. The highest BCUT2D eigenvalue weighted by Crippen LogP contribution is 2.09. The Morgan fingerprint density at radius 1 is 1.48 bits per heavy atom. The maximum atomic E-state index is 12.0. The van der Waals surface area contributed by atoms with E-state index in [9.17, 15) is 4.79 Å². The lowest BCUT2D eigenvalue weighted by molar-refractivity contribution is -0.128. The lowest BCUT2D eigenvalue weighted by Gasteiger charge is -2.22. The Morgan fingerprint density at radius 2 is 2.33 bits per heavy atom. The van der Waals surface area contributed by atoms with Crippen LogP contribution in [0.15, 0.2) is 36.9 Å². The van der Waals surface area contributed by atoms with E-state index in [-0.39, 0.29) is 5.91 Å². The summed E-state index contributed by atoms with van der Waals surface area (Å²) in [5.74, 6) is -0.148. The molecule has 0 aliphatic carbocycles. The standard InChI is InChI=1S/C14H17N5O2/c20-14(13-8-16-5-6-21-13)18-12-7-17-19(10-12)9-11-1-3-15-4-2-11/h1-4,7,10,13,16H,5-6,8-9H2,(H,18,20). The summed E-state index contributed by atoms with van der Waals surface area (Å²) in [6.45, 7) is 2.52. The first-order chi connectivity index (χ1) is 10.3. The van der Waals surface area contributed by atoms with Crippen LogP contribution in [-0.4, -0.2) is 46.5 Å². The van der Waals surface area contributed by atoms with Gasteiger partial charge < -0.3 is 15.4 Å². The monoisotopic (exact) mass is 287 g/mol. The van der Waals surface area contributed by atoms with Crippen LogP contribution in [0.2, 0.25) is 0 Å². The van der Waals surface area contributed by atoms with Gasteiger partial charge in [-0.25, -0.2) is 0 Å². The zero-order valence-corrected chi connectivity index (χ0v) is 11.5. The summed E-state index contributed by atoms with van der Waals surface area (Å²) in [5.41, 5.74) is 1.77. The minimum absolute atomic E-state index is 0.148. The molecule has 110 valence electrons. The number of morpholine rings is 1. The van der Waals surface area contributed by atoms with Gasteiger partial charge in [-0.2, -0.15) is 5.10 Å². The van der Waals surface area contributed by atoms with Crippen LogP contribution in [0.3, 0.4) is 0 Å². The molecule has 1 aliphatic rings. The molecule has 7 heteroatoms. The maximum absolute atomic E-state index is 12.0. The number of carbonyl (C=O) groups is 1. The van der Waals surface area contributed by atoms with Gasteiger partial charge in [0.25, 0.3) is 5.91 Å². The minimum atomic E-state index is -0.442. The van der Waals surface area contributed by atoms with Crippen molar-refractivity contribution in [2.45, 2.75) is 12.6 Å². The SMILES string of the molecule is O=C(Nc1cnn(Cc2ccncc2)c1)C1CNCCO1. The third kappa shape index (κ3) is 3.65. The summed E-state index contributed by atoms with van der Waals surface area (Å²) in [5, 5.41) is 10.2. The highest BCUT2D eigenvalue weighted by Gasteiger charge is 2.21. The Labute approximate surface area is 122 Å². The molecule has 2 N–H and O–H groups in total. The van der Waals surface area contributed by atoms with E-state index in [2.05, 4.69) is 20.7 Å². The fourth-order valence-electron chi connectivity index (χ4n) is 2.15. The van der Waals surface area contributed by atoms with Gasteiger partial charge in [0, 0.05) is 31.7 Å². The zero-order valence-electron chi connectivity index (χ0n) is 11.5. The first kappa shape index (κ1) is 13.7. The average Bonchev–Trinajstić information content (AvgIpc) is 2.96. The van der Waals surface area contributed by atoms with Crippen LogP contribution >= 0.6 is 0 Å². The number of nitrogens with one attached hydrogen (secondary N) is 2. The van der Waals surface area contributed by atoms with E-state index in [1.165, 1.54) is 0 Å². The maximum Gasteiger partial charge on any atom is 0.254 e. The van der Waals surface area contributed by atoms with Crippen molar-refractivity contribution >= 4 is 11.6 Å². The van der Waals surface area contributed by atoms with Crippen LogP contribution in [0.4, 0.5) is 5.69 Å². The first-order valence-electron chi connectivity index (χ1n) is 6.86. The lowest BCUT2D eigenvalue weighted by atomic mass is 10.3. The van der Waals surface area contributed by atoms with E-state index >= 15 is 0 Å². The molecule has 1 saturated heterocycles. The summed E-state index contributed by atoms with van der Waals surface area (Å²) in [7, 11) is 0. The molecule has 3 heterocycles. The Morgan fingerprint density at radius 3 is 3.10 bits per heavy atom. The van der Waals surface area contributed by atoms with Crippen molar-refractivity contribution in [2.75, 3.05) is 25.0 Å². The van der Waals surface area contributed by atoms with Gasteiger partial charge in [-0.1, -0.05) is 0 Å². The molecule has 7 nitrogen and oxygen atoms in total. The summed E-state index contributed by atoms with van der Waals surface area (Å²) >= 11 is 0. The van der Waals surface area contributed by atoms with Crippen molar-refractivity contribution in [2.24, 2.45) is 0 Å². The minimum Gasteiger partial charge on any atom is -0.366 e.